The fourth-order valence-corrected chi connectivity index (χ4v) is 4.12. The first-order chi connectivity index (χ1) is 19.3. The molecule has 1 heterocycles. The van der Waals surface area contributed by atoms with E-state index >= 15 is 0 Å². The molecule has 0 amide bonds. The summed E-state index contributed by atoms with van der Waals surface area (Å²) in [4.78, 5) is 16.7. The number of carbonyl (C=O) groups excluding carboxylic acids is 1. The zero-order chi connectivity index (χ0) is 28.5. The second-order valence-electron chi connectivity index (χ2n) is 9.08. The maximum atomic E-state index is 13.0. The quantitative estimate of drug-likeness (QED) is 0.138. The number of oxazole rings is 1. The van der Waals surface area contributed by atoms with E-state index in [0.717, 1.165) is 48.1 Å². The Hall–Kier alpha value is -4.33. The highest BCUT2D eigenvalue weighted by Gasteiger charge is 2.30. The highest BCUT2D eigenvalue weighted by Crippen LogP contribution is 2.34. The minimum absolute atomic E-state index is 0.0592. The van der Waals surface area contributed by atoms with E-state index in [-0.39, 0.29) is 18.5 Å². The zero-order valence-corrected chi connectivity index (χ0v) is 22.3. The first kappa shape index (κ1) is 28.7. The number of ether oxygens (including phenoxy) is 2. The van der Waals surface area contributed by atoms with Crippen LogP contribution in [0.2, 0.25) is 0 Å². The van der Waals surface area contributed by atoms with Crippen LogP contribution in [0.3, 0.4) is 0 Å². The van der Waals surface area contributed by atoms with Crippen LogP contribution in [0, 0.1) is 0 Å². The van der Waals surface area contributed by atoms with Gasteiger partial charge in [-0.1, -0.05) is 55.8 Å². The first-order valence-corrected chi connectivity index (χ1v) is 13.1. The summed E-state index contributed by atoms with van der Waals surface area (Å²) in [7, 11) is 0. The van der Waals surface area contributed by atoms with Crippen LogP contribution in [0.5, 0.6) is 5.75 Å². The third-order valence-electron chi connectivity index (χ3n) is 6.15. The number of nitrogens with zero attached hydrogens (tertiary/aromatic N) is 1. The monoisotopic (exact) mass is 549 g/mol. The largest absolute Gasteiger partial charge is 0.487 e. The normalized spacial score (nSPS) is 11.9. The molecule has 1 aromatic heterocycles. The van der Waals surface area contributed by atoms with Gasteiger partial charge in [-0.05, 0) is 67.3 Å². The third kappa shape index (κ3) is 7.40. The summed E-state index contributed by atoms with van der Waals surface area (Å²) in [5.74, 6) is 0.851. The molecule has 0 saturated heterocycles. The van der Waals surface area contributed by atoms with Crippen molar-refractivity contribution in [3.8, 4) is 28.5 Å². The van der Waals surface area contributed by atoms with Crippen LogP contribution in [0.4, 0.5) is 13.2 Å². The van der Waals surface area contributed by atoms with Gasteiger partial charge in [-0.2, -0.15) is 13.2 Å². The molecule has 40 heavy (non-hydrogen) atoms. The number of esters is 1. The van der Waals surface area contributed by atoms with Crippen molar-refractivity contribution in [2.75, 3.05) is 6.61 Å². The molecule has 4 rings (SSSR count). The second kappa shape index (κ2) is 13.2. The van der Waals surface area contributed by atoms with E-state index in [2.05, 4.69) is 11.9 Å². The molecule has 0 fully saturated rings. The van der Waals surface area contributed by atoms with Crippen molar-refractivity contribution >= 4 is 11.5 Å². The minimum Gasteiger partial charge on any atom is -0.487 e. The Labute approximate surface area is 231 Å². The lowest BCUT2D eigenvalue weighted by atomic mass is 9.99. The first-order valence-electron chi connectivity index (χ1n) is 13.1. The second-order valence-corrected chi connectivity index (χ2v) is 9.08. The predicted octanol–water partition coefficient (Wildman–Crippen LogP) is 8.74. The molecular formula is C32H30F3NO4. The van der Waals surface area contributed by atoms with Gasteiger partial charge in [0, 0.05) is 17.2 Å². The molecule has 0 bridgehead atoms. The fraction of sp³-hybridized carbons (Fsp3) is 0.250. The minimum atomic E-state index is -4.43. The van der Waals surface area contributed by atoms with Crippen LogP contribution >= 0.6 is 0 Å². The maximum Gasteiger partial charge on any atom is 0.416 e. The van der Waals surface area contributed by atoms with Crippen molar-refractivity contribution in [1.82, 2.24) is 4.98 Å². The number of alkyl halides is 3. The van der Waals surface area contributed by atoms with Gasteiger partial charge in [-0.3, -0.25) is 0 Å². The molecule has 0 atom stereocenters. The number of aromatic nitrogens is 1. The lowest BCUT2D eigenvalue weighted by molar-refractivity contribution is -0.138. The Morgan fingerprint density at radius 2 is 1.70 bits per heavy atom. The van der Waals surface area contributed by atoms with Gasteiger partial charge in [0.25, 0.3) is 0 Å². The van der Waals surface area contributed by atoms with Crippen LogP contribution in [0.25, 0.3) is 28.4 Å². The molecule has 3 aromatic carbocycles. The van der Waals surface area contributed by atoms with Crippen molar-refractivity contribution in [3.05, 3.63) is 102 Å². The Balaban J connectivity index is 1.61. The van der Waals surface area contributed by atoms with Gasteiger partial charge in [-0.25, -0.2) is 9.78 Å². The van der Waals surface area contributed by atoms with E-state index in [1.165, 1.54) is 18.2 Å². The summed E-state index contributed by atoms with van der Waals surface area (Å²) < 4.78 is 56.3. The molecule has 4 aromatic rings. The van der Waals surface area contributed by atoms with E-state index in [1.807, 2.05) is 54.6 Å². The van der Waals surface area contributed by atoms with Gasteiger partial charge < -0.3 is 13.9 Å². The van der Waals surface area contributed by atoms with Crippen LogP contribution in [0.15, 0.2) is 89.4 Å². The molecule has 208 valence electrons. The van der Waals surface area contributed by atoms with E-state index in [1.54, 1.807) is 6.92 Å². The summed E-state index contributed by atoms with van der Waals surface area (Å²) in [6.45, 7) is 4.21. The average molecular weight is 550 g/mol. The van der Waals surface area contributed by atoms with Crippen molar-refractivity contribution in [2.45, 2.75) is 45.9 Å². The summed E-state index contributed by atoms with van der Waals surface area (Å²) in [5.41, 5.74) is 2.65. The SMILES string of the molecule is CCCC/C(=C\C(=O)OCC)c1cccc(OCc2nc(-c3ccc(C(F)(F)F)cc3)oc2-c2ccccc2)c1. The molecule has 0 aliphatic rings. The van der Waals surface area contributed by atoms with Gasteiger partial charge in [0.1, 0.15) is 18.1 Å². The number of halogens is 3. The van der Waals surface area contributed by atoms with E-state index in [0.29, 0.717) is 29.4 Å². The van der Waals surface area contributed by atoms with Gasteiger partial charge in [0.2, 0.25) is 5.89 Å². The van der Waals surface area contributed by atoms with Gasteiger partial charge in [0.15, 0.2) is 5.76 Å². The summed E-state index contributed by atoms with van der Waals surface area (Å²) >= 11 is 0. The van der Waals surface area contributed by atoms with Crippen LogP contribution in [0.1, 0.15) is 49.9 Å². The van der Waals surface area contributed by atoms with E-state index in [9.17, 15) is 18.0 Å². The highest BCUT2D eigenvalue weighted by atomic mass is 19.4. The number of hydrogen-bond acceptors (Lipinski definition) is 5. The predicted molar refractivity (Wildman–Crippen MR) is 147 cm³/mol. The number of carbonyl (C=O) groups is 1. The zero-order valence-electron chi connectivity index (χ0n) is 22.3. The molecule has 8 heteroatoms. The lowest BCUT2D eigenvalue weighted by Gasteiger charge is -2.11. The van der Waals surface area contributed by atoms with Gasteiger partial charge >= 0.3 is 12.1 Å². The summed E-state index contributed by atoms with van der Waals surface area (Å²) in [6.07, 6.45) is -0.287. The molecular weight excluding hydrogens is 519 g/mol. The van der Waals surface area contributed by atoms with Gasteiger partial charge in [0.05, 0.1) is 12.2 Å². The summed E-state index contributed by atoms with van der Waals surface area (Å²) in [5, 5.41) is 0. The number of unbranched alkanes of at least 4 members (excludes halogenated alkanes) is 1. The van der Waals surface area contributed by atoms with E-state index in [4.69, 9.17) is 13.9 Å². The van der Waals surface area contributed by atoms with Crippen molar-refractivity contribution in [1.29, 1.82) is 0 Å². The van der Waals surface area contributed by atoms with Crippen molar-refractivity contribution in [3.63, 3.8) is 0 Å². The average Bonchev–Trinajstić information content (AvgIpc) is 3.39. The lowest BCUT2D eigenvalue weighted by Crippen LogP contribution is -2.04. The van der Waals surface area contributed by atoms with E-state index < -0.39 is 11.7 Å². The van der Waals surface area contributed by atoms with Crippen LogP contribution in [-0.2, 0) is 22.3 Å². The Kier molecular flexibility index (Phi) is 9.43. The summed E-state index contributed by atoms with van der Waals surface area (Å²) in [6, 6.07) is 21.4. The molecule has 0 spiro atoms. The molecule has 0 N–H and O–H groups in total. The number of allylic oxidation sites excluding steroid dienone is 1. The number of hydrogen-bond donors (Lipinski definition) is 0. The van der Waals surface area contributed by atoms with Crippen LogP contribution < -0.4 is 4.74 Å². The van der Waals surface area contributed by atoms with Crippen molar-refractivity contribution < 1.29 is 31.9 Å². The standard InChI is InChI=1S/C32H30F3NO4/c1-3-5-10-25(20-29(37)38-4-2)24-13-9-14-27(19-24)39-21-28-30(22-11-7-6-8-12-22)40-31(36-28)23-15-17-26(18-16-23)32(33,34)35/h6-9,11-20H,3-5,10,21H2,1-2H3/b25-20+. The topological polar surface area (TPSA) is 61.6 Å². The maximum absolute atomic E-state index is 13.0. The fourth-order valence-electron chi connectivity index (χ4n) is 4.12. The molecule has 0 aliphatic heterocycles. The third-order valence-corrected chi connectivity index (χ3v) is 6.15. The molecule has 0 radical (unpaired) electrons. The molecule has 0 saturated carbocycles. The highest BCUT2D eigenvalue weighted by molar-refractivity contribution is 5.91. The molecule has 5 nitrogen and oxygen atoms in total. The Bertz CT molecular complexity index is 1440. The van der Waals surface area contributed by atoms with Crippen LogP contribution in [-0.4, -0.2) is 17.6 Å². The van der Waals surface area contributed by atoms with Crippen molar-refractivity contribution in [2.24, 2.45) is 0 Å². The Morgan fingerprint density at radius 3 is 2.38 bits per heavy atom. The number of benzene rings is 3. The Morgan fingerprint density at radius 1 is 0.950 bits per heavy atom. The molecule has 0 aliphatic carbocycles. The number of rotatable bonds is 11. The molecule has 0 unspecified atom stereocenters. The van der Waals surface area contributed by atoms with Gasteiger partial charge in [-0.15, -0.1) is 0 Å². The smallest absolute Gasteiger partial charge is 0.416 e.